The molecule has 1 fully saturated rings. The van der Waals surface area contributed by atoms with Gasteiger partial charge in [-0.25, -0.2) is 9.97 Å². The molecule has 5 heterocycles. The van der Waals surface area contributed by atoms with E-state index in [0.717, 1.165) is 34.5 Å². The second kappa shape index (κ2) is 7.45. The van der Waals surface area contributed by atoms with Gasteiger partial charge in [-0.1, -0.05) is 97.1 Å². The van der Waals surface area contributed by atoms with E-state index in [-0.39, 0.29) is 17.5 Å². The van der Waals surface area contributed by atoms with Crippen LogP contribution < -0.4 is 15.6 Å². The van der Waals surface area contributed by atoms with E-state index in [2.05, 4.69) is 126 Å². The molecule has 4 heteroatoms. The van der Waals surface area contributed by atoms with Crippen LogP contribution in [0.5, 0.6) is 0 Å². The van der Waals surface area contributed by atoms with Crippen molar-refractivity contribution >= 4 is 39.3 Å². The van der Waals surface area contributed by atoms with Crippen LogP contribution in [0.15, 0.2) is 115 Å². The van der Waals surface area contributed by atoms with E-state index in [1.165, 1.54) is 32.7 Å². The summed E-state index contributed by atoms with van der Waals surface area (Å²) in [5, 5.41) is 6.36. The van der Waals surface area contributed by atoms with E-state index in [1.807, 2.05) is 6.07 Å². The molecule has 5 aromatic rings. The van der Waals surface area contributed by atoms with E-state index >= 15 is 0 Å². The van der Waals surface area contributed by atoms with E-state index in [0.29, 0.717) is 0 Å². The third kappa shape index (κ3) is 2.63. The smallest absolute Gasteiger partial charge is 0.162 e. The molecule has 186 valence electrons. The summed E-state index contributed by atoms with van der Waals surface area (Å²) >= 11 is 0. The summed E-state index contributed by atoms with van der Waals surface area (Å²) in [5.41, 5.74) is 4.62. The van der Waals surface area contributed by atoms with Gasteiger partial charge in [-0.3, -0.25) is 0 Å². The Morgan fingerprint density at radius 1 is 0.795 bits per heavy atom. The first kappa shape index (κ1) is 21.3. The van der Waals surface area contributed by atoms with Crippen molar-refractivity contribution in [2.75, 3.05) is 4.90 Å². The van der Waals surface area contributed by atoms with Gasteiger partial charge < -0.3 is 9.47 Å². The van der Waals surface area contributed by atoms with Crippen molar-refractivity contribution in [1.29, 1.82) is 0 Å². The van der Waals surface area contributed by atoms with Gasteiger partial charge in [-0.05, 0) is 37.1 Å². The number of hydrogen-bond donors (Lipinski definition) is 0. The minimum Gasteiger partial charge on any atom is -0.331 e. The summed E-state index contributed by atoms with van der Waals surface area (Å²) in [6, 6.07) is 28.0. The van der Waals surface area contributed by atoms with Crippen molar-refractivity contribution in [1.82, 2.24) is 14.5 Å². The van der Waals surface area contributed by atoms with Gasteiger partial charge in [0.2, 0.25) is 0 Å². The molecular formula is C35H26N4. The third-order valence-corrected chi connectivity index (χ3v) is 9.14. The second-order valence-corrected chi connectivity index (χ2v) is 11.2. The van der Waals surface area contributed by atoms with E-state index in [1.54, 1.807) is 0 Å². The highest BCUT2D eigenvalue weighted by Crippen LogP contribution is 2.57. The zero-order valence-corrected chi connectivity index (χ0v) is 21.6. The van der Waals surface area contributed by atoms with Gasteiger partial charge in [0.05, 0.1) is 28.1 Å². The van der Waals surface area contributed by atoms with Crippen molar-refractivity contribution in [2.45, 2.75) is 24.9 Å². The number of hydrogen-bond acceptors (Lipinski definition) is 3. The standard InChI is InChI=1S/C35H26N4/c1-35-21-10-9-17-26(35)30-29-20-11-19-28-23-14-5-6-15-24(23)31(38(28)29)32(30)39(35)34-25-16-7-8-18-27(25)36-33(37-34)22-12-3-2-4-13-22/h2-20,29-30H,21H2,1H3. The Morgan fingerprint density at radius 2 is 1.56 bits per heavy atom. The lowest BCUT2D eigenvalue weighted by Crippen LogP contribution is -2.44. The van der Waals surface area contributed by atoms with Gasteiger partial charge in [-0.15, -0.1) is 0 Å². The highest BCUT2D eigenvalue weighted by atomic mass is 15.3. The van der Waals surface area contributed by atoms with Gasteiger partial charge >= 0.3 is 0 Å². The maximum absolute atomic E-state index is 5.38. The van der Waals surface area contributed by atoms with Gasteiger partial charge in [0.15, 0.2) is 5.82 Å². The number of aromatic nitrogens is 3. The molecule has 3 aliphatic heterocycles. The monoisotopic (exact) mass is 502 g/mol. The van der Waals surface area contributed by atoms with E-state index in [9.17, 15) is 0 Å². The molecule has 1 aliphatic carbocycles. The molecule has 3 aromatic carbocycles. The first-order valence-electron chi connectivity index (χ1n) is 13.8. The number of allylic oxidation sites excluding steroid dienone is 4. The molecule has 4 nitrogen and oxygen atoms in total. The predicted molar refractivity (Wildman–Crippen MR) is 158 cm³/mol. The Labute approximate surface area is 226 Å². The average molecular weight is 503 g/mol. The van der Waals surface area contributed by atoms with Gasteiger partial charge in [0.1, 0.15) is 5.82 Å². The highest BCUT2D eigenvalue weighted by molar-refractivity contribution is 5.99. The molecule has 39 heavy (non-hydrogen) atoms. The van der Waals surface area contributed by atoms with Crippen molar-refractivity contribution in [3.05, 3.63) is 126 Å². The molecule has 0 N–H and O–H groups in total. The molecule has 1 saturated heterocycles. The van der Waals surface area contributed by atoms with E-state index in [4.69, 9.17) is 9.97 Å². The molecule has 3 unspecified atom stereocenters. The van der Waals surface area contributed by atoms with Crippen LogP contribution in [0.3, 0.4) is 0 Å². The number of fused-ring (bicyclic) bond motifs is 8. The van der Waals surface area contributed by atoms with Crippen LogP contribution in [0.2, 0.25) is 0 Å². The number of nitrogens with zero attached hydrogens (tertiary/aromatic N) is 4. The summed E-state index contributed by atoms with van der Waals surface area (Å²) in [5.74, 6) is 2.02. The Morgan fingerprint density at radius 3 is 2.44 bits per heavy atom. The van der Waals surface area contributed by atoms with Gasteiger partial charge in [0, 0.05) is 33.0 Å². The summed E-state index contributed by atoms with van der Waals surface area (Å²) < 4.78 is 2.58. The number of anilines is 1. The molecule has 0 spiro atoms. The normalized spacial score (nSPS) is 24.1. The first-order chi connectivity index (χ1) is 19.2. The van der Waals surface area contributed by atoms with Crippen LogP contribution in [-0.2, 0) is 0 Å². The minimum atomic E-state index is -0.217. The summed E-state index contributed by atoms with van der Waals surface area (Å²) in [6.45, 7) is 2.40. The predicted octanol–water partition coefficient (Wildman–Crippen LogP) is 6.05. The molecule has 0 radical (unpaired) electrons. The zero-order valence-electron chi connectivity index (χ0n) is 21.6. The third-order valence-electron chi connectivity index (χ3n) is 9.14. The maximum Gasteiger partial charge on any atom is 0.162 e. The molecule has 4 aliphatic rings. The Hall–Kier alpha value is -4.70. The van der Waals surface area contributed by atoms with Crippen LogP contribution in [0, 0.1) is 5.92 Å². The number of rotatable bonds is 2. The topological polar surface area (TPSA) is 34.0 Å². The fourth-order valence-electron chi connectivity index (χ4n) is 7.51. The highest BCUT2D eigenvalue weighted by Gasteiger charge is 2.56. The summed E-state index contributed by atoms with van der Waals surface area (Å²) in [6.07, 6.45) is 14.8. The fraction of sp³-hybridized carbons (Fsp3) is 0.143. The van der Waals surface area contributed by atoms with Gasteiger partial charge in [-0.2, -0.15) is 0 Å². The van der Waals surface area contributed by atoms with Crippen molar-refractivity contribution in [3.8, 4) is 11.4 Å². The summed E-state index contributed by atoms with van der Waals surface area (Å²) in [4.78, 5) is 13.0. The lowest BCUT2D eigenvalue weighted by molar-refractivity contribution is 0.487. The van der Waals surface area contributed by atoms with Crippen LogP contribution in [-0.4, -0.2) is 20.1 Å². The SMILES string of the molecule is CC12CC=CC=C1C1C(=c3c4ccccc4c4n3C1C=CC=4)N2c1nc(-c2ccccc2)nc2ccccc12. The Kier molecular flexibility index (Phi) is 4.06. The van der Waals surface area contributed by atoms with E-state index < -0.39 is 0 Å². The Balaban J connectivity index is 1.44. The fourth-order valence-corrected chi connectivity index (χ4v) is 7.51. The van der Waals surface area contributed by atoms with Crippen molar-refractivity contribution in [2.24, 2.45) is 5.92 Å². The molecular weight excluding hydrogens is 476 g/mol. The minimum absolute atomic E-state index is 0.217. The molecule has 2 aromatic heterocycles. The largest absolute Gasteiger partial charge is 0.331 e. The zero-order chi connectivity index (χ0) is 25.7. The number of benzene rings is 3. The van der Waals surface area contributed by atoms with Crippen molar-refractivity contribution in [3.63, 3.8) is 0 Å². The first-order valence-corrected chi connectivity index (χ1v) is 13.8. The Bertz CT molecular complexity index is 2080. The second-order valence-electron chi connectivity index (χ2n) is 11.2. The lowest BCUT2D eigenvalue weighted by atomic mass is 9.79. The average Bonchev–Trinajstić information content (AvgIpc) is 3.59. The molecule has 0 amide bonds. The molecule has 0 bridgehead atoms. The maximum atomic E-state index is 5.38. The molecule has 0 saturated carbocycles. The van der Waals surface area contributed by atoms with Crippen LogP contribution in [0.25, 0.3) is 44.8 Å². The lowest BCUT2D eigenvalue weighted by Gasteiger charge is -2.39. The molecule has 3 atom stereocenters. The quantitative estimate of drug-likeness (QED) is 0.295. The number of para-hydroxylation sites is 1. The van der Waals surface area contributed by atoms with Crippen LogP contribution in [0.1, 0.15) is 19.4 Å². The molecule has 9 rings (SSSR count). The van der Waals surface area contributed by atoms with Gasteiger partial charge in [0.25, 0.3) is 0 Å². The van der Waals surface area contributed by atoms with Crippen LogP contribution >= 0.6 is 0 Å². The van der Waals surface area contributed by atoms with Crippen LogP contribution in [0.4, 0.5) is 5.82 Å². The summed E-state index contributed by atoms with van der Waals surface area (Å²) in [7, 11) is 0. The van der Waals surface area contributed by atoms with Crippen molar-refractivity contribution < 1.29 is 0 Å².